The quantitative estimate of drug-likeness (QED) is 0.774. The van der Waals surface area contributed by atoms with Gasteiger partial charge in [-0.05, 0) is 11.5 Å². The topological polar surface area (TPSA) is 49.3 Å². The summed E-state index contributed by atoms with van der Waals surface area (Å²) in [5, 5.41) is 12.1. The summed E-state index contributed by atoms with van der Waals surface area (Å²) in [7, 11) is 0. The Morgan fingerprint density at radius 1 is 1.31 bits per heavy atom. The summed E-state index contributed by atoms with van der Waals surface area (Å²) >= 11 is 0. The molecule has 0 saturated heterocycles. The van der Waals surface area contributed by atoms with Gasteiger partial charge in [0.2, 0.25) is 0 Å². The Hall–Kier alpha value is -1.35. The number of nitrogens with one attached hydrogen (secondary N) is 1. The minimum absolute atomic E-state index is 0.0257. The van der Waals surface area contributed by atoms with E-state index >= 15 is 0 Å². The molecule has 1 rings (SSSR count). The van der Waals surface area contributed by atoms with E-state index in [9.17, 15) is 4.79 Å². The highest BCUT2D eigenvalue weighted by Crippen LogP contribution is 2.08. The van der Waals surface area contributed by atoms with Crippen molar-refractivity contribution in [3.8, 4) is 0 Å². The third-order valence-electron chi connectivity index (χ3n) is 2.61. The summed E-state index contributed by atoms with van der Waals surface area (Å²) in [4.78, 5) is 10.7. The molecule has 3 nitrogen and oxygen atoms in total. The Balaban J connectivity index is 2.47. The molecule has 3 heteroatoms. The molecule has 0 spiro atoms. The normalized spacial score (nSPS) is 12.7. The number of hydrogen-bond donors (Lipinski definition) is 2. The maximum Gasteiger partial charge on any atom is 0.304 e. The van der Waals surface area contributed by atoms with Crippen molar-refractivity contribution >= 4 is 5.97 Å². The fourth-order valence-electron chi connectivity index (χ4n) is 1.58. The van der Waals surface area contributed by atoms with Gasteiger partial charge >= 0.3 is 5.97 Å². The van der Waals surface area contributed by atoms with Crippen molar-refractivity contribution in [2.75, 3.05) is 0 Å². The molecule has 0 aliphatic carbocycles. The third kappa shape index (κ3) is 4.45. The maximum atomic E-state index is 10.7. The van der Waals surface area contributed by atoms with E-state index in [1.165, 1.54) is 5.56 Å². The lowest BCUT2D eigenvalue weighted by Gasteiger charge is -2.20. The highest BCUT2D eigenvalue weighted by molar-refractivity contribution is 5.67. The van der Waals surface area contributed by atoms with E-state index in [2.05, 4.69) is 5.32 Å². The molecule has 16 heavy (non-hydrogen) atoms. The average molecular weight is 221 g/mol. The van der Waals surface area contributed by atoms with Gasteiger partial charge in [-0.3, -0.25) is 4.79 Å². The van der Waals surface area contributed by atoms with Crippen molar-refractivity contribution in [1.82, 2.24) is 5.32 Å². The van der Waals surface area contributed by atoms with Crippen LogP contribution < -0.4 is 5.32 Å². The Bertz CT molecular complexity index is 322. The molecule has 0 amide bonds. The number of aliphatic carboxylic acids is 1. The number of rotatable bonds is 6. The fraction of sp³-hybridized carbons (Fsp3) is 0.462. The van der Waals surface area contributed by atoms with Gasteiger partial charge in [-0.25, -0.2) is 0 Å². The fourth-order valence-corrected chi connectivity index (χ4v) is 1.58. The Morgan fingerprint density at radius 2 is 1.94 bits per heavy atom. The van der Waals surface area contributed by atoms with Gasteiger partial charge in [-0.1, -0.05) is 44.2 Å². The SMILES string of the molecule is CC(C)[C@@H](CC(=O)O)NCc1ccccc1. The van der Waals surface area contributed by atoms with Crippen LogP contribution in [-0.4, -0.2) is 17.1 Å². The smallest absolute Gasteiger partial charge is 0.304 e. The Morgan fingerprint density at radius 3 is 2.44 bits per heavy atom. The zero-order valence-electron chi connectivity index (χ0n) is 9.81. The molecule has 2 N–H and O–H groups in total. The van der Waals surface area contributed by atoms with Crippen molar-refractivity contribution in [3.05, 3.63) is 35.9 Å². The van der Waals surface area contributed by atoms with Crippen LogP contribution in [0.2, 0.25) is 0 Å². The molecule has 0 saturated carbocycles. The van der Waals surface area contributed by atoms with E-state index in [-0.39, 0.29) is 12.5 Å². The van der Waals surface area contributed by atoms with Crippen LogP contribution in [-0.2, 0) is 11.3 Å². The van der Waals surface area contributed by atoms with Crippen molar-refractivity contribution < 1.29 is 9.90 Å². The summed E-state index contributed by atoms with van der Waals surface area (Å²) in [6, 6.07) is 10.0. The second kappa shape index (κ2) is 6.28. The standard InChI is InChI=1S/C13H19NO2/c1-10(2)12(8-13(15)16)14-9-11-6-4-3-5-7-11/h3-7,10,12,14H,8-9H2,1-2H3,(H,15,16)/t12-/m1/s1. The van der Waals surface area contributed by atoms with E-state index in [1.54, 1.807) is 0 Å². The predicted molar refractivity (Wildman–Crippen MR) is 64.2 cm³/mol. The van der Waals surface area contributed by atoms with E-state index in [0.29, 0.717) is 5.92 Å². The molecular weight excluding hydrogens is 202 g/mol. The molecule has 1 atom stereocenters. The van der Waals surface area contributed by atoms with Gasteiger partial charge in [0, 0.05) is 12.6 Å². The number of hydrogen-bond acceptors (Lipinski definition) is 2. The van der Waals surface area contributed by atoms with Crippen LogP contribution in [0.25, 0.3) is 0 Å². The average Bonchev–Trinajstić information content (AvgIpc) is 2.25. The van der Waals surface area contributed by atoms with Crippen LogP contribution in [0.5, 0.6) is 0 Å². The van der Waals surface area contributed by atoms with Gasteiger partial charge in [0.1, 0.15) is 0 Å². The van der Waals surface area contributed by atoms with Crippen molar-refractivity contribution in [1.29, 1.82) is 0 Å². The van der Waals surface area contributed by atoms with Crippen LogP contribution in [0.1, 0.15) is 25.8 Å². The molecule has 88 valence electrons. The largest absolute Gasteiger partial charge is 0.481 e. The summed E-state index contributed by atoms with van der Waals surface area (Å²) in [6.45, 7) is 4.79. The second-order valence-electron chi connectivity index (χ2n) is 4.31. The third-order valence-corrected chi connectivity index (χ3v) is 2.61. The zero-order valence-corrected chi connectivity index (χ0v) is 9.81. The number of carbonyl (C=O) groups is 1. The number of benzene rings is 1. The molecule has 1 aromatic rings. The van der Waals surface area contributed by atoms with Crippen molar-refractivity contribution in [2.45, 2.75) is 32.9 Å². The minimum atomic E-state index is -0.751. The second-order valence-corrected chi connectivity index (χ2v) is 4.31. The molecule has 0 fully saturated rings. The van der Waals surface area contributed by atoms with Crippen molar-refractivity contribution in [3.63, 3.8) is 0 Å². The summed E-state index contributed by atoms with van der Waals surface area (Å²) in [5.41, 5.74) is 1.18. The van der Waals surface area contributed by atoms with Gasteiger partial charge in [0.05, 0.1) is 6.42 Å². The molecule has 0 unspecified atom stereocenters. The Labute approximate surface area is 96.5 Å². The molecule has 0 aromatic heterocycles. The van der Waals surface area contributed by atoms with Crippen LogP contribution in [0.3, 0.4) is 0 Å². The van der Waals surface area contributed by atoms with E-state index in [0.717, 1.165) is 6.54 Å². The van der Waals surface area contributed by atoms with E-state index < -0.39 is 5.97 Å². The van der Waals surface area contributed by atoms with E-state index in [1.807, 2.05) is 44.2 Å². The lowest BCUT2D eigenvalue weighted by molar-refractivity contribution is -0.137. The Kier molecular flexibility index (Phi) is 4.99. The summed E-state index contributed by atoms with van der Waals surface area (Å²) in [6.07, 6.45) is 0.171. The van der Waals surface area contributed by atoms with E-state index in [4.69, 9.17) is 5.11 Å². The summed E-state index contributed by atoms with van der Waals surface area (Å²) < 4.78 is 0. The molecule has 0 aliphatic rings. The van der Waals surface area contributed by atoms with Crippen molar-refractivity contribution in [2.24, 2.45) is 5.92 Å². The molecule has 0 bridgehead atoms. The lowest BCUT2D eigenvalue weighted by atomic mass is 10.0. The molecular formula is C13H19NO2. The minimum Gasteiger partial charge on any atom is -0.481 e. The summed E-state index contributed by atoms with van der Waals surface area (Å²) in [5.74, 6) is -0.431. The maximum absolute atomic E-state index is 10.7. The highest BCUT2D eigenvalue weighted by atomic mass is 16.4. The highest BCUT2D eigenvalue weighted by Gasteiger charge is 2.16. The first-order valence-corrected chi connectivity index (χ1v) is 5.58. The van der Waals surface area contributed by atoms with Gasteiger partial charge in [-0.15, -0.1) is 0 Å². The molecule has 0 aliphatic heterocycles. The van der Waals surface area contributed by atoms with Crippen LogP contribution in [0.15, 0.2) is 30.3 Å². The van der Waals surface area contributed by atoms with Crippen LogP contribution >= 0.6 is 0 Å². The predicted octanol–water partition coefficient (Wildman–Crippen LogP) is 2.28. The van der Waals surface area contributed by atoms with Crippen LogP contribution in [0, 0.1) is 5.92 Å². The first-order chi connectivity index (χ1) is 7.59. The monoisotopic (exact) mass is 221 g/mol. The van der Waals surface area contributed by atoms with Gasteiger partial charge in [0.15, 0.2) is 0 Å². The lowest BCUT2D eigenvalue weighted by Crippen LogP contribution is -2.35. The molecule has 0 heterocycles. The first-order valence-electron chi connectivity index (χ1n) is 5.58. The molecule has 1 aromatic carbocycles. The van der Waals surface area contributed by atoms with Crippen LogP contribution in [0.4, 0.5) is 0 Å². The molecule has 0 radical (unpaired) electrons. The first kappa shape index (κ1) is 12.7. The number of carboxylic acid groups (broad SMARTS) is 1. The van der Waals surface area contributed by atoms with Gasteiger partial charge < -0.3 is 10.4 Å². The van der Waals surface area contributed by atoms with Gasteiger partial charge in [0.25, 0.3) is 0 Å². The van der Waals surface area contributed by atoms with Gasteiger partial charge in [-0.2, -0.15) is 0 Å². The number of carboxylic acids is 1. The zero-order chi connectivity index (χ0) is 12.0.